The summed E-state index contributed by atoms with van der Waals surface area (Å²) in [4.78, 5) is 11.3. The van der Waals surface area contributed by atoms with Gasteiger partial charge in [-0.1, -0.05) is 53.7 Å². The number of hydrogen-bond donors (Lipinski definition) is 0. The van der Waals surface area contributed by atoms with E-state index in [-0.39, 0.29) is 17.4 Å². The van der Waals surface area contributed by atoms with Crippen molar-refractivity contribution in [3.63, 3.8) is 0 Å². The number of benzene rings is 1. The van der Waals surface area contributed by atoms with E-state index in [0.717, 1.165) is 11.1 Å². The van der Waals surface area contributed by atoms with Crippen LogP contribution in [0, 0.1) is 0 Å². The van der Waals surface area contributed by atoms with Crippen LogP contribution < -0.4 is 0 Å². The highest BCUT2D eigenvalue weighted by Crippen LogP contribution is 2.32. The van der Waals surface area contributed by atoms with E-state index in [1.807, 2.05) is 39.8 Å². The third-order valence-electron chi connectivity index (χ3n) is 3.33. The summed E-state index contributed by atoms with van der Waals surface area (Å²) < 4.78 is 13.4. The molecular formula is C16H23FO. The van der Waals surface area contributed by atoms with E-state index < -0.39 is 6.04 Å². The topological polar surface area (TPSA) is 17.1 Å². The molecule has 0 spiro atoms. The van der Waals surface area contributed by atoms with Crippen molar-refractivity contribution in [2.45, 2.75) is 59.3 Å². The molecule has 0 aliphatic carbocycles. The highest BCUT2D eigenvalue weighted by atomic mass is 19.1. The Morgan fingerprint density at radius 2 is 1.28 bits per heavy atom. The molecule has 0 heterocycles. The molecular weight excluding hydrogens is 227 g/mol. The van der Waals surface area contributed by atoms with E-state index in [0.29, 0.717) is 5.92 Å². The van der Waals surface area contributed by atoms with Crippen LogP contribution >= 0.6 is 0 Å². The van der Waals surface area contributed by atoms with Gasteiger partial charge >= 0.3 is 6.04 Å². The first kappa shape index (κ1) is 14.9. The molecule has 0 atom stereocenters. The Balaban J connectivity index is 3.60. The van der Waals surface area contributed by atoms with Gasteiger partial charge in [-0.3, -0.25) is 4.79 Å². The number of rotatable bonds is 4. The maximum Gasteiger partial charge on any atom is 0.332 e. The predicted molar refractivity (Wildman–Crippen MR) is 74.1 cm³/mol. The van der Waals surface area contributed by atoms with Crippen LogP contribution in [0.2, 0.25) is 0 Å². The van der Waals surface area contributed by atoms with E-state index in [2.05, 4.69) is 13.8 Å². The van der Waals surface area contributed by atoms with Crippen LogP contribution in [-0.2, 0) is 0 Å². The van der Waals surface area contributed by atoms with E-state index in [1.165, 1.54) is 5.56 Å². The van der Waals surface area contributed by atoms with Gasteiger partial charge in [-0.25, -0.2) is 0 Å². The summed E-state index contributed by atoms with van der Waals surface area (Å²) in [6.45, 7) is 12.2. The van der Waals surface area contributed by atoms with Crippen molar-refractivity contribution in [3.05, 3.63) is 34.4 Å². The second-order valence-corrected chi connectivity index (χ2v) is 5.81. The molecule has 0 aliphatic heterocycles. The molecule has 0 fully saturated rings. The Bertz CT molecular complexity index is 415. The Kier molecular flexibility index (Phi) is 4.66. The molecule has 0 saturated carbocycles. The Hall–Kier alpha value is -1.18. The highest BCUT2D eigenvalue weighted by Gasteiger charge is 2.21. The van der Waals surface area contributed by atoms with Gasteiger partial charge in [-0.2, -0.15) is 4.39 Å². The van der Waals surface area contributed by atoms with Crippen molar-refractivity contribution in [1.82, 2.24) is 0 Å². The van der Waals surface area contributed by atoms with Gasteiger partial charge in [0, 0.05) is 0 Å². The van der Waals surface area contributed by atoms with Crippen LogP contribution in [0.15, 0.2) is 12.1 Å². The van der Waals surface area contributed by atoms with Crippen LogP contribution in [0.5, 0.6) is 0 Å². The maximum atomic E-state index is 13.4. The molecule has 100 valence electrons. The van der Waals surface area contributed by atoms with Crippen molar-refractivity contribution < 1.29 is 9.18 Å². The smallest absolute Gasteiger partial charge is 0.255 e. The molecule has 0 N–H and O–H groups in total. The molecule has 0 amide bonds. The molecule has 0 bridgehead atoms. The average molecular weight is 250 g/mol. The fraction of sp³-hybridized carbons (Fsp3) is 0.562. The van der Waals surface area contributed by atoms with Crippen LogP contribution in [0.25, 0.3) is 0 Å². The molecule has 18 heavy (non-hydrogen) atoms. The zero-order valence-electron chi connectivity index (χ0n) is 12.2. The summed E-state index contributed by atoms with van der Waals surface area (Å²) in [5.41, 5.74) is 3.12. The standard InChI is InChI=1S/C16H23FO/c1-9(2)12-7-13(10(3)4)15(16(17)18)14(8-12)11(5)6/h7-11H,1-6H3. The average Bonchev–Trinajstić information content (AvgIpc) is 2.26. The van der Waals surface area contributed by atoms with Crippen LogP contribution in [0.3, 0.4) is 0 Å². The Labute approximate surface area is 109 Å². The van der Waals surface area contributed by atoms with Crippen molar-refractivity contribution in [1.29, 1.82) is 0 Å². The Morgan fingerprint density at radius 3 is 1.50 bits per heavy atom. The lowest BCUT2D eigenvalue weighted by atomic mass is 9.85. The van der Waals surface area contributed by atoms with Crippen molar-refractivity contribution >= 4 is 6.04 Å². The quantitative estimate of drug-likeness (QED) is 0.674. The SMILES string of the molecule is CC(C)c1cc(C(C)C)c(C(=O)F)c(C(C)C)c1. The molecule has 0 aliphatic rings. The zero-order valence-corrected chi connectivity index (χ0v) is 12.2. The zero-order chi connectivity index (χ0) is 14.0. The van der Waals surface area contributed by atoms with Gasteiger partial charge in [0.15, 0.2) is 0 Å². The summed E-state index contributed by atoms with van der Waals surface area (Å²) >= 11 is 0. The molecule has 0 aromatic heterocycles. The predicted octanol–water partition coefficient (Wildman–Crippen LogP) is 5.17. The highest BCUT2D eigenvalue weighted by molar-refractivity contribution is 5.92. The fourth-order valence-electron chi connectivity index (χ4n) is 2.18. The van der Waals surface area contributed by atoms with Crippen molar-refractivity contribution in [2.24, 2.45) is 0 Å². The molecule has 1 aromatic rings. The molecule has 1 nitrogen and oxygen atoms in total. The summed E-state index contributed by atoms with van der Waals surface area (Å²) in [6.07, 6.45) is 0. The first-order chi connectivity index (χ1) is 8.25. The minimum absolute atomic E-state index is 0.149. The normalized spacial score (nSPS) is 11.7. The summed E-state index contributed by atoms with van der Waals surface area (Å²) in [5.74, 6) is 0.676. The first-order valence-corrected chi connectivity index (χ1v) is 6.63. The number of carbonyl (C=O) groups is 1. The number of carbonyl (C=O) groups excluding carboxylic acids is 1. The maximum absolute atomic E-state index is 13.4. The molecule has 0 saturated heterocycles. The second-order valence-electron chi connectivity index (χ2n) is 5.81. The minimum Gasteiger partial charge on any atom is -0.255 e. The van der Waals surface area contributed by atoms with E-state index in [4.69, 9.17) is 0 Å². The lowest BCUT2D eigenvalue weighted by Gasteiger charge is -2.20. The lowest BCUT2D eigenvalue weighted by molar-refractivity contribution is 0.0833. The fourth-order valence-corrected chi connectivity index (χ4v) is 2.18. The molecule has 0 radical (unpaired) electrons. The van der Waals surface area contributed by atoms with E-state index in [9.17, 15) is 9.18 Å². The Morgan fingerprint density at radius 1 is 0.889 bits per heavy atom. The largest absolute Gasteiger partial charge is 0.332 e. The van der Waals surface area contributed by atoms with Gasteiger partial charge in [0.05, 0.1) is 5.56 Å². The summed E-state index contributed by atoms with van der Waals surface area (Å²) in [7, 11) is 0. The van der Waals surface area contributed by atoms with Crippen LogP contribution in [0.4, 0.5) is 4.39 Å². The van der Waals surface area contributed by atoms with Crippen molar-refractivity contribution in [3.8, 4) is 0 Å². The van der Waals surface area contributed by atoms with E-state index >= 15 is 0 Å². The van der Waals surface area contributed by atoms with Gasteiger partial charge in [-0.15, -0.1) is 0 Å². The molecule has 1 aromatic carbocycles. The summed E-state index contributed by atoms with van der Waals surface area (Å²) in [5, 5.41) is 0. The van der Waals surface area contributed by atoms with Gasteiger partial charge in [0.25, 0.3) is 0 Å². The molecule has 0 unspecified atom stereocenters. The minimum atomic E-state index is -1.31. The van der Waals surface area contributed by atoms with Crippen LogP contribution in [-0.4, -0.2) is 6.04 Å². The van der Waals surface area contributed by atoms with Gasteiger partial charge in [-0.05, 0) is 34.4 Å². The van der Waals surface area contributed by atoms with Gasteiger partial charge < -0.3 is 0 Å². The lowest BCUT2D eigenvalue weighted by Crippen LogP contribution is -2.09. The monoisotopic (exact) mass is 250 g/mol. The van der Waals surface area contributed by atoms with Crippen molar-refractivity contribution in [2.75, 3.05) is 0 Å². The molecule has 1 rings (SSSR count). The summed E-state index contributed by atoms with van der Waals surface area (Å²) in [6, 6.07) is 2.65. The number of halogens is 1. The van der Waals surface area contributed by atoms with Gasteiger partial charge in [0.2, 0.25) is 0 Å². The second kappa shape index (κ2) is 5.64. The number of hydrogen-bond acceptors (Lipinski definition) is 1. The van der Waals surface area contributed by atoms with E-state index in [1.54, 1.807) is 0 Å². The van der Waals surface area contributed by atoms with Gasteiger partial charge in [0.1, 0.15) is 0 Å². The third kappa shape index (κ3) is 2.98. The third-order valence-corrected chi connectivity index (χ3v) is 3.33. The molecule has 2 heteroatoms. The van der Waals surface area contributed by atoms with Crippen LogP contribution in [0.1, 0.15) is 86.3 Å². The first-order valence-electron chi connectivity index (χ1n) is 6.63.